The Labute approximate surface area is 151 Å². The van der Waals surface area contributed by atoms with E-state index >= 15 is 0 Å². The van der Waals surface area contributed by atoms with Gasteiger partial charge in [0.1, 0.15) is 12.1 Å². The molecule has 2 aliphatic rings. The fourth-order valence-corrected chi connectivity index (χ4v) is 4.32. The lowest BCUT2D eigenvalue weighted by Crippen LogP contribution is -2.46. The zero-order valence-electron chi connectivity index (χ0n) is 13.7. The second-order valence-corrected chi connectivity index (χ2v) is 7.24. The van der Waals surface area contributed by atoms with E-state index in [1.54, 1.807) is 6.33 Å². The van der Waals surface area contributed by atoms with Gasteiger partial charge in [0, 0.05) is 48.3 Å². The van der Waals surface area contributed by atoms with E-state index in [9.17, 15) is 0 Å². The largest absolute Gasteiger partial charge is 0.350 e. The van der Waals surface area contributed by atoms with Crippen molar-refractivity contribution in [1.29, 1.82) is 0 Å². The zero-order valence-corrected chi connectivity index (χ0v) is 14.5. The number of piperazine rings is 1. The topological polar surface area (TPSA) is 45.2 Å². The zero-order chi connectivity index (χ0) is 16.8. The second kappa shape index (κ2) is 5.93. The van der Waals surface area contributed by atoms with E-state index in [0.717, 1.165) is 47.1 Å². The van der Waals surface area contributed by atoms with E-state index in [2.05, 4.69) is 36.9 Å². The van der Waals surface area contributed by atoms with Crippen molar-refractivity contribution in [1.82, 2.24) is 19.9 Å². The summed E-state index contributed by atoms with van der Waals surface area (Å²) in [7, 11) is 0. The minimum absolute atomic E-state index is 0.491. The van der Waals surface area contributed by atoms with E-state index in [1.807, 2.05) is 30.5 Å². The summed E-state index contributed by atoms with van der Waals surface area (Å²) in [6.45, 7) is 2.97. The summed E-state index contributed by atoms with van der Waals surface area (Å²) in [6, 6.07) is 13.0. The molecule has 2 atom stereocenters. The molecule has 25 heavy (non-hydrogen) atoms. The third-order valence-corrected chi connectivity index (χ3v) is 5.53. The highest BCUT2D eigenvalue weighted by atomic mass is 35.5. The molecule has 0 spiro atoms. The van der Waals surface area contributed by atoms with Gasteiger partial charge in [0.05, 0.1) is 11.2 Å². The number of aromatic nitrogens is 3. The fraction of sp³-hybridized carbons (Fsp3) is 0.316. The molecular formula is C19H18ClN5. The maximum absolute atomic E-state index is 6.20. The molecular weight excluding hydrogens is 334 g/mol. The van der Waals surface area contributed by atoms with Crippen LogP contribution in [-0.4, -0.2) is 45.0 Å². The number of halogens is 1. The molecule has 3 aromatic rings. The van der Waals surface area contributed by atoms with Crippen molar-refractivity contribution in [3.05, 3.63) is 59.6 Å². The molecule has 1 aromatic carbocycles. The Morgan fingerprint density at radius 2 is 2.00 bits per heavy atom. The van der Waals surface area contributed by atoms with Crippen molar-refractivity contribution in [2.24, 2.45) is 0 Å². The monoisotopic (exact) mass is 351 g/mol. The Hall–Kier alpha value is -2.24. The molecule has 0 radical (unpaired) electrons. The van der Waals surface area contributed by atoms with Gasteiger partial charge in [-0.1, -0.05) is 17.7 Å². The van der Waals surface area contributed by atoms with Gasteiger partial charge in [0.2, 0.25) is 0 Å². The number of benzene rings is 1. The molecule has 2 fully saturated rings. The first-order valence-electron chi connectivity index (χ1n) is 8.59. The molecule has 2 saturated heterocycles. The lowest BCUT2D eigenvalue weighted by Gasteiger charge is -2.35. The highest BCUT2D eigenvalue weighted by Crippen LogP contribution is 2.37. The second-order valence-electron chi connectivity index (χ2n) is 6.80. The summed E-state index contributed by atoms with van der Waals surface area (Å²) in [5, 5.41) is 1.77. The van der Waals surface area contributed by atoms with Crippen LogP contribution >= 0.6 is 11.6 Å². The van der Waals surface area contributed by atoms with Crippen LogP contribution in [0, 0.1) is 0 Å². The van der Waals surface area contributed by atoms with Crippen LogP contribution in [0.4, 0.5) is 5.82 Å². The van der Waals surface area contributed by atoms with Gasteiger partial charge in [0.25, 0.3) is 0 Å². The van der Waals surface area contributed by atoms with Crippen LogP contribution in [0.15, 0.2) is 48.9 Å². The van der Waals surface area contributed by atoms with Gasteiger partial charge in [0.15, 0.2) is 0 Å². The predicted octanol–water partition coefficient (Wildman–Crippen LogP) is 3.14. The van der Waals surface area contributed by atoms with Crippen LogP contribution in [0.5, 0.6) is 0 Å². The van der Waals surface area contributed by atoms with Crippen molar-refractivity contribution in [2.75, 3.05) is 18.0 Å². The number of anilines is 1. The molecule has 2 aliphatic heterocycles. The lowest BCUT2D eigenvalue weighted by atomic mass is 10.2. The first-order valence-corrected chi connectivity index (χ1v) is 8.96. The molecule has 5 nitrogen and oxygen atoms in total. The van der Waals surface area contributed by atoms with Crippen LogP contribution in [0.3, 0.4) is 0 Å². The number of likely N-dealkylation sites (tertiary alicyclic amines) is 1. The predicted molar refractivity (Wildman–Crippen MR) is 98.7 cm³/mol. The van der Waals surface area contributed by atoms with Gasteiger partial charge in [-0.15, -0.1) is 0 Å². The van der Waals surface area contributed by atoms with Gasteiger partial charge in [-0.05, 0) is 36.8 Å². The normalized spacial score (nSPS) is 22.8. The lowest BCUT2D eigenvalue weighted by molar-refractivity contribution is 0.227. The molecule has 0 N–H and O–H groups in total. The summed E-state index contributed by atoms with van der Waals surface area (Å²) in [5.74, 6) is 1.01. The number of hydrogen-bond donors (Lipinski definition) is 0. The van der Waals surface area contributed by atoms with E-state index in [4.69, 9.17) is 11.6 Å². The maximum atomic E-state index is 6.20. The van der Waals surface area contributed by atoms with Crippen molar-refractivity contribution < 1.29 is 0 Å². The molecule has 0 amide bonds. The number of rotatable bonds is 3. The van der Waals surface area contributed by atoms with Crippen LogP contribution in [-0.2, 0) is 6.54 Å². The van der Waals surface area contributed by atoms with Crippen LogP contribution in [0.25, 0.3) is 10.9 Å². The van der Waals surface area contributed by atoms with Gasteiger partial charge >= 0.3 is 0 Å². The smallest absolute Gasteiger partial charge is 0.140 e. The van der Waals surface area contributed by atoms with Crippen molar-refractivity contribution in [2.45, 2.75) is 25.0 Å². The molecule has 6 heteroatoms. The van der Waals surface area contributed by atoms with Crippen molar-refractivity contribution in [3.8, 4) is 0 Å². The average Bonchev–Trinajstić information content (AvgIpc) is 3.22. The molecule has 2 aromatic heterocycles. The summed E-state index contributed by atoms with van der Waals surface area (Å²) in [4.78, 5) is 18.4. The van der Waals surface area contributed by atoms with Gasteiger partial charge < -0.3 is 4.90 Å². The molecule has 2 bridgehead atoms. The number of pyridine rings is 1. The Balaban J connectivity index is 1.40. The van der Waals surface area contributed by atoms with Crippen LogP contribution < -0.4 is 4.90 Å². The van der Waals surface area contributed by atoms with E-state index < -0.39 is 0 Å². The quantitative estimate of drug-likeness (QED) is 0.725. The third kappa shape index (κ3) is 2.64. The Kier molecular flexibility index (Phi) is 3.57. The third-order valence-electron chi connectivity index (χ3n) is 5.29. The Morgan fingerprint density at radius 1 is 1.04 bits per heavy atom. The Morgan fingerprint density at radius 3 is 2.80 bits per heavy atom. The van der Waals surface area contributed by atoms with Gasteiger partial charge in [-0.3, -0.25) is 9.88 Å². The average molecular weight is 352 g/mol. The van der Waals surface area contributed by atoms with E-state index in [0.29, 0.717) is 12.1 Å². The SMILES string of the molecule is Clc1ccc2ncnc(N3CC4CC3CN4Cc3ccccn3)c2c1. The molecule has 4 heterocycles. The maximum Gasteiger partial charge on any atom is 0.140 e. The fourth-order valence-electron chi connectivity index (χ4n) is 4.15. The summed E-state index contributed by atoms with van der Waals surface area (Å²) < 4.78 is 0. The number of hydrogen-bond acceptors (Lipinski definition) is 5. The van der Waals surface area contributed by atoms with Crippen molar-refractivity contribution in [3.63, 3.8) is 0 Å². The minimum atomic E-state index is 0.491. The van der Waals surface area contributed by atoms with E-state index in [-0.39, 0.29) is 0 Å². The number of nitrogens with zero attached hydrogens (tertiary/aromatic N) is 5. The summed E-state index contributed by atoms with van der Waals surface area (Å²) in [6.07, 6.45) is 4.70. The standard InChI is InChI=1S/C19H18ClN5/c20-13-4-5-18-17(7-13)19(23-12-22-18)25-11-15-8-16(25)10-24(15)9-14-3-1-2-6-21-14/h1-7,12,15-16H,8-11H2. The molecule has 126 valence electrons. The molecule has 2 unspecified atom stereocenters. The minimum Gasteiger partial charge on any atom is -0.350 e. The first kappa shape index (κ1) is 15.0. The van der Waals surface area contributed by atoms with Gasteiger partial charge in [-0.25, -0.2) is 9.97 Å². The Bertz CT molecular complexity index is 916. The van der Waals surface area contributed by atoms with Crippen molar-refractivity contribution >= 4 is 28.3 Å². The molecule has 0 aliphatic carbocycles. The molecule has 5 rings (SSSR count). The van der Waals surface area contributed by atoms with Crippen LogP contribution in [0.1, 0.15) is 12.1 Å². The highest BCUT2D eigenvalue weighted by Gasteiger charge is 2.44. The highest BCUT2D eigenvalue weighted by molar-refractivity contribution is 6.31. The first-order chi connectivity index (χ1) is 12.3. The summed E-state index contributed by atoms with van der Waals surface area (Å²) >= 11 is 6.20. The van der Waals surface area contributed by atoms with Gasteiger partial charge in [-0.2, -0.15) is 0 Å². The molecule has 0 saturated carbocycles. The van der Waals surface area contributed by atoms with Crippen LogP contribution in [0.2, 0.25) is 5.02 Å². The summed E-state index contributed by atoms with van der Waals surface area (Å²) in [5.41, 5.74) is 2.09. The number of fused-ring (bicyclic) bond motifs is 3. The van der Waals surface area contributed by atoms with E-state index in [1.165, 1.54) is 6.42 Å².